The van der Waals surface area contributed by atoms with Gasteiger partial charge in [-0.2, -0.15) is 13.2 Å². The third kappa shape index (κ3) is 3.07. The number of amides is 1. The van der Waals surface area contributed by atoms with Crippen molar-refractivity contribution in [2.45, 2.75) is 25.6 Å². The second kappa shape index (κ2) is 5.61. The molecule has 2 atom stereocenters. The SMILES string of the molecule is CC1NCCC1C(=O)Nc1c(Cl)cccc1C(F)(F)F. The van der Waals surface area contributed by atoms with Crippen LogP contribution in [0.1, 0.15) is 18.9 Å². The van der Waals surface area contributed by atoms with Gasteiger partial charge < -0.3 is 10.6 Å². The minimum absolute atomic E-state index is 0.0631. The topological polar surface area (TPSA) is 41.1 Å². The van der Waals surface area contributed by atoms with Crippen LogP contribution in [0.4, 0.5) is 18.9 Å². The van der Waals surface area contributed by atoms with E-state index in [2.05, 4.69) is 10.6 Å². The molecule has 1 saturated heterocycles. The zero-order valence-electron chi connectivity index (χ0n) is 10.7. The van der Waals surface area contributed by atoms with Crippen LogP contribution in [0.2, 0.25) is 5.02 Å². The van der Waals surface area contributed by atoms with E-state index in [4.69, 9.17) is 11.6 Å². The smallest absolute Gasteiger partial charge is 0.324 e. The van der Waals surface area contributed by atoms with Crippen LogP contribution >= 0.6 is 11.6 Å². The zero-order valence-corrected chi connectivity index (χ0v) is 11.5. The second-order valence-electron chi connectivity index (χ2n) is 4.79. The maximum Gasteiger partial charge on any atom is 0.418 e. The summed E-state index contributed by atoms with van der Waals surface area (Å²) in [7, 11) is 0. The molecule has 1 amide bonds. The van der Waals surface area contributed by atoms with Gasteiger partial charge in [-0.25, -0.2) is 0 Å². The van der Waals surface area contributed by atoms with Crippen LogP contribution in [-0.4, -0.2) is 18.5 Å². The first-order valence-electron chi connectivity index (χ1n) is 6.20. The molecule has 0 aliphatic carbocycles. The minimum atomic E-state index is -4.56. The van der Waals surface area contributed by atoms with Crippen molar-refractivity contribution in [1.29, 1.82) is 0 Å². The van der Waals surface area contributed by atoms with Crippen molar-refractivity contribution in [3.8, 4) is 0 Å². The predicted octanol–water partition coefficient (Wildman–Crippen LogP) is 3.30. The maximum absolute atomic E-state index is 12.9. The lowest BCUT2D eigenvalue weighted by Gasteiger charge is -2.19. The molecule has 7 heteroatoms. The van der Waals surface area contributed by atoms with Crippen LogP contribution in [0.15, 0.2) is 18.2 Å². The largest absolute Gasteiger partial charge is 0.418 e. The number of rotatable bonds is 2. The van der Waals surface area contributed by atoms with Crippen molar-refractivity contribution in [1.82, 2.24) is 5.32 Å². The quantitative estimate of drug-likeness (QED) is 0.880. The Morgan fingerprint density at radius 3 is 2.70 bits per heavy atom. The van der Waals surface area contributed by atoms with Gasteiger partial charge in [0.1, 0.15) is 0 Å². The highest BCUT2D eigenvalue weighted by molar-refractivity contribution is 6.34. The molecule has 0 aromatic heterocycles. The number of hydrogen-bond donors (Lipinski definition) is 2. The van der Waals surface area contributed by atoms with E-state index < -0.39 is 17.6 Å². The fraction of sp³-hybridized carbons (Fsp3) is 0.462. The monoisotopic (exact) mass is 306 g/mol. The van der Waals surface area contributed by atoms with Crippen LogP contribution in [0.3, 0.4) is 0 Å². The Morgan fingerprint density at radius 2 is 2.15 bits per heavy atom. The van der Waals surface area contributed by atoms with Crippen molar-refractivity contribution in [3.63, 3.8) is 0 Å². The van der Waals surface area contributed by atoms with Gasteiger partial charge in [-0.3, -0.25) is 4.79 Å². The predicted molar refractivity (Wildman–Crippen MR) is 70.7 cm³/mol. The van der Waals surface area contributed by atoms with Gasteiger partial charge in [-0.1, -0.05) is 17.7 Å². The molecular weight excluding hydrogens is 293 g/mol. The fourth-order valence-corrected chi connectivity index (χ4v) is 2.54. The molecule has 2 N–H and O–H groups in total. The number of hydrogen-bond acceptors (Lipinski definition) is 2. The summed E-state index contributed by atoms with van der Waals surface area (Å²) in [4.78, 5) is 12.1. The Bertz CT molecular complexity index is 519. The van der Waals surface area contributed by atoms with Crippen LogP contribution in [0, 0.1) is 5.92 Å². The van der Waals surface area contributed by atoms with Gasteiger partial charge in [0.25, 0.3) is 0 Å². The molecule has 0 bridgehead atoms. The highest BCUT2D eigenvalue weighted by atomic mass is 35.5. The van der Waals surface area contributed by atoms with Crippen molar-refractivity contribution < 1.29 is 18.0 Å². The van der Waals surface area contributed by atoms with Crippen LogP contribution in [-0.2, 0) is 11.0 Å². The molecule has 1 aliphatic rings. The lowest BCUT2D eigenvalue weighted by atomic mass is 10.0. The Hall–Kier alpha value is -1.27. The van der Waals surface area contributed by atoms with E-state index in [0.717, 1.165) is 6.07 Å². The average Bonchev–Trinajstić information content (AvgIpc) is 2.76. The van der Waals surface area contributed by atoms with E-state index in [1.54, 1.807) is 0 Å². The van der Waals surface area contributed by atoms with Crippen molar-refractivity contribution >= 4 is 23.2 Å². The minimum Gasteiger partial charge on any atom is -0.324 e. The summed E-state index contributed by atoms with van der Waals surface area (Å²) >= 11 is 5.79. The number of nitrogens with one attached hydrogen (secondary N) is 2. The fourth-order valence-electron chi connectivity index (χ4n) is 2.32. The van der Waals surface area contributed by atoms with Crippen LogP contribution < -0.4 is 10.6 Å². The number of carbonyl (C=O) groups is 1. The van der Waals surface area contributed by atoms with Gasteiger partial charge in [-0.15, -0.1) is 0 Å². The van der Waals surface area contributed by atoms with E-state index in [0.29, 0.717) is 13.0 Å². The Kier molecular flexibility index (Phi) is 4.25. The zero-order chi connectivity index (χ0) is 14.9. The molecule has 0 saturated carbocycles. The van der Waals surface area contributed by atoms with E-state index in [-0.39, 0.29) is 22.7 Å². The second-order valence-corrected chi connectivity index (χ2v) is 5.19. The Balaban J connectivity index is 2.27. The molecule has 110 valence electrons. The summed E-state index contributed by atoms with van der Waals surface area (Å²) in [6.07, 6.45) is -3.97. The maximum atomic E-state index is 12.9. The molecular formula is C13H14ClF3N2O. The molecule has 1 aromatic carbocycles. The summed E-state index contributed by atoms with van der Waals surface area (Å²) in [6.45, 7) is 2.50. The van der Waals surface area contributed by atoms with Crippen molar-refractivity contribution in [2.75, 3.05) is 11.9 Å². The number of anilines is 1. The Labute approximate surface area is 119 Å². The molecule has 3 nitrogen and oxygen atoms in total. The van der Waals surface area contributed by atoms with Gasteiger partial charge in [-0.05, 0) is 32.0 Å². The molecule has 1 heterocycles. The summed E-state index contributed by atoms with van der Waals surface area (Å²) in [5, 5.41) is 5.29. The lowest BCUT2D eigenvalue weighted by Crippen LogP contribution is -2.32. The van der Waals surface area contributed by atoms with Crippen LogP contribution in [0.25, 0.3) is 0 Å². The first kappa shape index (κ1) is 15.1. The molecule has 1 aliphatic heterocycles. The van der Waals surface area contributed by atoms with Gasteiger partial charge in [0.2, 0.25) is 5.91 Å². The molecule has 0 spiro atoms. The number of halogens is 4. The molecule has 0 radical (unpaired) electrons. The lowest BCUT2D eigenvalue weighted by molar-refractivity contribution is -0.137. The molecule has 1 aromatic rings. The number of carbonyl (C=O) groups excluding carboxylic acids is 1. The molecule has 20 heavy (non-hydrogen) atoms. The van der Waals surface area contributed by atoms with Gasteiger partial charge in [0, 0.05) is 6.04 Å². The first-order chi connectivity index (χ1) is 9.30. The third-order valence-electron chi connectivity index (χ3n) is 3.43. The normalized spacial score (nSPS) is 22.9. The van der Waals surface area contributed by atoms with E-state index in [9.17, 15) is 18.0 Å². The van der Waals surface area contributed by atoms with Crippen molar-refractivity contribution in [2.24, 2.45) is 5.92 Å². The number of benzene rings is 1. The molecule has 1 fully saturated rings. The summed E-state index contributed by atoms with van der Waals surface area (Å²) in [5.74, 6) is -0.798. The van der Waals surface area contributed by atoms with Crippen LogP contribution in [0.5, 0.6) is 0 Å². The van der Waals surface area contributed by atoms with Gasteiger partial charge in [0.05, 0.1) is 22.2 Å². The summed E-state index contributed by atoms with van der Waals surface area (Å²) in [6, 6.07) is 3.37. The van der Waals surface area contributed by atoms with Gasteiger partial charge >= 0.3 is 6.18 Å². The Morgan fingerprint density at radius 1 is 1.45 bits per heavy atom. The summed E-state index contributed by atoms with van der Waals surface area (Å²) in [5.41, 5.74) is -1.30. The molecule has 2 rings (SSSR count). The van der Waals surface area contributed by atoms with E-state index >= 15 is 0 Å². The highest BCUT2D eigenvalue weighted by Crippen LogP contribution is 2.38. The van der Waals surface area contributed by atoms with Gasteiger partial charge in [0.15, 0.2) is 0 Å². The number of alkyl halides is 3. The first-order valence-corrected chi connectivity index (χ1v) is 6.58. The van der Waals surface area contributed by atoms with E-state index in [1.165, 1.54) is 12.1 Å². The van der Waals surface area contributed by atoms with Crippen molar-refractivity contribution in [3.05, 3.63) is 28.8 Å². The number of para-hydroxylation sites is 1. The van der Waals surface area contributed by atoms with E-state index in [1.807, 2.05) is 6.92 Å². The summed E-state index contributed by atoms with van der Waals surface area (Å²) < 4.78 is 38.7. The standard InChI is InChI=1S/C13H14ClF3N2O/c1-7-8(5-6-18-7)12(20)19-11-9(13(15,16)17)3-2-4-10(11)14/h2-4,7-8,18H,5-6H2,1H3,(H,19,20). The third-order valence-corrected chi connectivity index (χ3v) is 3.74. The highest BCUT2D eigenvalue weighted by Gasteiger charge is 2.36. The molecule has 2 unspecified atom stereocenters. The average molecular weight is 307 g/mol.